The number of hydrogen-bond donors (Lipinski definition) is 1. The third kappa shape index (κ3) is 2.83. The fourth-order valence-electron chi connectivity index (χ4n) is 1.76. The average Bonchev–Trinajstić information content (AvgIpc) is 3.15. The van der Waals surface area contributed by atoms with E-state index in [4.69, 9.17) is 4.52 Å². The first-order valence-corrected chi connectivity index (χ1v) is 6.93. The monoisotopic (exact) mass is 295 g/mol. The molecule has 0 unspecified atom stereocenters. The number of allylic oxidation sites excluding steroid dienone is 1. The quantitative estimate of drug-likeness (QED) is 0.747. The molecule has 0 saturated carbocycles. The van der Waals surface area contributed by atoms with Gasteiger partial charge in [-0.15, -0.1) is 11.3 Å². The van der Waals surface area contributed by atoms with Gasteiger partial charge >= 0.3 is 0 Å². The molecule has 6 heteroatoms. The topological polar surface area (TPSA) is 82.9 Å². The zero-order valence-corrected chi connectivity index (χ0v) is 11.5. The van der Waals surface area contributed by atoms with Crippen molar-refractivity contribution in [2.75, 3.05) is 0 Å². The second-order valence-corrected chi connectivity index (χ2v) is 5.11. The Kier molecular flexibility index (Phi) is 3.50. The summed E-state index contributed by atoms with van der Waals surface area (Å²) in [5, 5.41) is 24.5. The van der Waals surface area contributed by atoms with Gasteiger partial charge < -0.3 is 9.63 Å². The highest BCUT2D eigenvalue weighted by molar-refractivity contribution is 7.13. The third-order valence-electron chi connectivity index (χ3n) is 2.70. The van der Waals surface area contributed by atoms with Crippen LogP contribution in [0.4, 0.5) is 0 Å². The molecule has 5 nitrogen and oxygen atoms in total. The Labute approximate surface area is 124 Å². The minimum atomic E-state index is 0.130. The van der Waals surface area contributed by atoms with E-state index < -0.39 is 0 Å². The van der Waals surface area contributed by atoms with Crippen LogP contribution in [-0.2, 0) is 0 Å². The van der Waals surface area contributed by atoms with Crippen molar-refractivity contribution in [2.45, 2.75) is 0 Å². The van der Waals surface area contributed by atoms with Crippen LogP contribution in [0.3, 0.4) is 0 Å². The SMILES string of the molecule is N#C/C(=C\c1cccc(O)c1)c1nc(-c2cccs2)no1. The molecule has 102 valence electrons. The first-order valence-electron chi connectivity index (χ1n) is 6.05. The van der Waals surface area contributed by atoms with E-state index in [0.29, 0.717) is 11.4 Å². The van der Waals surface area contributed by atoms with Crippen molar-refractivity contribution in [1.29, 1.82) is 5.26 Å². The third-order valence-corrected chi connectivity index (χ3v) is 3.57. The van der Waals surface area contributed by atoms with Crippen LogP contribution in [0.25, 0.3) is 22.4 Å². The van der Waals surface area contributed by atoms with Crippen molar-refractivity contribution in [2.24, 2.45) is 0 Å². The normalized spacial score (nSPS) is 11.3. The number of thiophene rings is 1. The summed E-state index contributed by atoms with van der Waals surface area (Å²) in [5.41, 5.74) is 0.929. The largest absolute Gasteiger partial charge is 0.508 e. The fourth-order valence-corrected chi connectivity index (χ4v) is 2.41. The number of aromatic hydroxyl groups is 1. The Morgan fingerprint density at radius 3 is 2.95 bits per heavy atom. The van der Waals surface area contributed by atoms with Gasteiger partial charge in [0.1, 0.15) is 17.4 Å². The van der Waals surface area contributed by atoms with Gasteiger partial charge in [0.25, 0.3) is 5.89 Å². The average molecular weight is 295 g/mol. The molecule has 21 heavy (non-hydrogen) atoms. The van der Waals surface area contributed by atoms with Gasteiger partial charge in [-0.25, -0.2) is 0 Å². The molecular weight excluding hydrogens is 286 g/mol. The zero-order chi connectivity index (χ0) is 14.7. The van der Waals surface area contributed by atoms with Crippen LogP contribution < -0.4 is 0 Å². The highest BCUT2D eigenvalue weighted by atomic mass is 32.1. The van der Waals surface area contributed by atoms with E-state index in [0.717, 1.165) is 4.88 Å². The Morgan fingerprint density at radius 1 is 1.33 bits per heavy atom. The van der Waals surface area contributed by atoms with E-state index in [1.807, 2.05) is 23.6 Å². The summed E-state index contributed by atoms with van der Waals surface area (Å²) >= 11 is 1.49. The van der Waals surface area contributed by atoms with Crippen molar-refractivity contribution in [1.82, 2.24) is 10.1 Å². The Bertz CT molecular complexity index is 829. The van der Waals surface area contributed by atoms with Crippen molar-refractivity contribution in [3.63, 3.8) is 0 Å². The molecule has 3 aromatic rings. The highest BCUT2D eigenvalue weighted by Gasteiger charge is 2.13. The van der Waals surface area contributed by atoms with Gasteiger partial charge in [-0.2, -0.15) is 10.2 Å². The van der Waals surface area contributed by atoms with E-state index in [1.54, 1.807) is 30.3 Å². The zero-order valence-electron chi connectivity index (χ0n) is 10.7. The molecule has 3 rings (SSSR count). The van der Waals surface area contributed by atoms with E-state index >= 15 is 0 Å². The minimum absolute atomic E-state index is 0.130. The second kappa shape index (κ2) is 5.61. The molecule has 0 aliphatic carbocycles. The van der Waals surface area contributed by atoms with Gasteiger partial charge in [0.15, 0.2) is 0 Å². The minimum Gasteiger partial charge on any atom is -0.508 e. The van der Waals surface area contributed by atoms with Crippen LogP contribution in [0.1, 0.15) is 11.5 Å². The molecule has 0 spiro atoms. The van der Waals surface area contributed by atoms with Crippen molar-refractivity contribution in [3.05, 3.63) is 53.2 Å². The Hall–Kier alpha value is -2.91. The van der Waals surface area contributed by atoms with Gasteiger partial charge in [-0.3, -0.25) is 0 Å². The number of aromatic nitrogens is 2. The Balaban J connectivity index is 1.96. The molecule has 0 radical (unpaired) electrons. The van der Waals surface area contributed by atoms with E-state index in [2.05, 4.69) is 10.1 Å². The standard InChI is InChI=1S/C15H9N3O2S/c16-9-11(7-10-3-1-4-12(19)8-10)15-17-14(18-20-15)13-5-2-6-21-13/h1-8,19H/b11-7+. The van der Waals surface area contributed by atoms with Gasteiger partial charge in [0, 0.05) is 0 Å². The molecule has 2 heterocycles. The van der Waals surface area contributed by atoms with Crippen LogP contribution in [-0.4, -0.2) is 15.2 Å². The molecule has 0 saturated heterocycles. The summed E-state index contributed by atoms with van der Waals surface area (Å²) in [6.07, 6.45) is 1.59. The predicted octanol–water partition coefficient (Wildman–Crippen LogP) is 3.57. The maximum Gasteiger partial charge on any atom is 0.268 e. The summed E-state index contributed by atoms with van der Waals surface area (Å²) < 4.78 is 5.14. The molecule has 0 aliphatic heterocycles. The number of phenols is 1. The summed E-state index contributed by atoms with van der Waals surface area (Å²) in [6, 6.07) is 12.4. The predicted molar refractivity (Wildman–Crippen MR) is 79.2 cm³/mol. The lowest BCUT2D eigenvalue weighted by Crippen LogP contribution is -1.82. The smallest absolute Gasteiger partial charge is 0.268 e. The molecule has 0 fully saturated rings. The van der Waals surface area contributed by atoms with Crippen LogP contribution in [0.5, 0.6) is 5.75 Å². The molecule has 0 aliphatic rings. The van der Waals surface area contributed by atoms with Crippen molar-refractivity contribution in [3.8, 4) is 22.5 Å². The number of benzene rings is 1. The number of hydrogen-bond acceptors (Lipinski definition) is 6. The first-order chi connectivity index (χ1) is 10.3. The maximum atomic E-state index is 9.44. The highest BCUT2D eigenvalue weighted by Crippen LogP contribution is 2.24. The van der Waals surface area contributed by atoms with Crippen LogP contribution in [0.2, 0.25) is 0 Å². The molecule has 0 atom stereocenters. The summed E-state index contributed by atoms with van der Waals surface area (Å²) in [6.45, 7) is 0. The maximum absolute atomic E-state index is 9.44. The van der Waals surface area contributed by atoms with E-state index in [-0.39, 0.29) is 17.2 Å². The van der Waals surface area contributed by atoms with E-state index in [9.17, 15) is 10.4 Å². The molecule has 2 aromatic heterocycles. The summed E-state index contributed by atoms with van der Waals surface area (Å²) in [4.78, 5) is 5.10. The van der Waals surface area contributed by atoms with Crippen molar-refractivity contribution < 1.29 is 9.63 Å². The van der Waals surface area contributed by atoms with Crippen LogP contribution in [0, 0.1) is 11.3 Å². The summed E-state index contributed by atoms with van der Waals surface area (Å²) in [5.74, 6) is 0.743. The molecule has 0 amide bonds. The fraction of sp³-hybridized carbons (Fsp3) is 0. The second-order valence-electron chi connectivity index (χ2n) is 4.17. The summed E-state index contributed by atoms with van der Waals surface area (Å²) in [7, 11) is 0. The van der Waals surface area contributed by atoms with Gasteiger partial charge in [-0.05, 0) is 35.2 Å². The van der Waals surface area contributed by atoms with E-state index in [1.165, 1.54) is 11.3 Å². The van der Waals surface area contributed by atoms with Gasteiger partial charge in [0.2, 0.25) is 5.82 Å². The molecular formula is C15H9N3O2S. The lowest BCUT2D eigenvalue weighted by atomic mass is 10.1. The lowest BCUT2D eigenvalue weighted by Gasteiger charge is -1.95. The number of rotatable bonds is 3. The van der Waals surface area contributed by atoms with Crippen molar-refractivity contribution >= 4 is 23.0 Å². The van der Waals surface area contributed by atoms with Gasteiger partial charge in [0.05, 0.1) is 4.88 Å². The number of phenolic OH excluding ortho intramolecular Hbond substituents is 1. The molecule has 1 aromatic carbocycles. The number of nitriles is 1. The first kappa shape index (κ1) is 13.1. The molecule has 1 N–H and O–H groups in total. The van der Waals surface area contributed by atoms with Crippen LogP contribution in [0.15, 0.2) is 46.3 Å². The Morgan fingerprint density at radius 2 is 2.24 bits per heavy atom. The lowest BCUT2D eigenvalue weighted by molar-refractivity contribution is 0.409. The number of nitrogens with zero attached hydrogens (tertiary/aromatic N) is 3. The van der Waals surface area contributed by atoms with Gasteiger partial charge in [-0.1, -0.05) is 23.4 Å². The van der Waals surface area contributed by atoms with Crippen LogP contribution >= 0.6 is 11.3 Å². The molecule has 0 bridgehead atoms.